The van der Waals surface area contributed by atoms with Crippen LogP contribution < -0.4 is 11.1 Å². The molecule has 13 heavy (non-hydrogen) atoms. The van der Waals surface area contributed by atoms with Crippen LogP contribution >= 0.6 is 12.2 Å². The molecule has 0 aliphatic carbocycles. The molecule has 0 radical (unpaired) electrons. The van der Waals surface area contributed by atoms with Crippen molar-refractivity contribution in [1.29, 1.82) is 0 Å². The third-order valence-corrected chi connectivity index (χ3v) is 2.11. The maximum Gasteiger partial charge on any atom is 0.103 e. The van der Waals surface area contributed by atoms with Crippen LogP contribution in [-0.2, 0) is 0 Å². The lowest BCUT2D eigenvalue weighted by atomic mass is 10.1. The van der Waals surface area contributed by atoms with Crippen molar-refractivity contribution in [2.45, 2.75) is 13.8 Å². The zero-order valence-electron chi connectivity index (χ0n) is 7.92. The minimum Gasteiger partial charge on any atom is -0.389 e. The lowest BCUT2D eigenvalue weighted by Gasteiger charge is -2.08. The lowest BCUT2D eigenvalue weighted by molar-refractivity contribution is 1.20. The van der Waals surface area contributed by atoms with Crippen LogP contribution in [0, 0.1) is 6.92 Å². The molecule has 0 aromatic heterocycles. The summed E-state index contributed by atoms with van der Waals surface area (Å²) in [5.41, 5.74) is 8.76. The normalized spacial score (nSPS) is 9.69. The number of hydrogen-bond donors (Lipinski definition) is 2. The van der Waals surface area contributed by atoms with Crippen molar-refractivity contribution in [3.05, 3.63) is 29.3 Å². The molecule has 0 spiro atoms. The Labute approximate surface area is 84.1 Å². The van der Waals surface area contributed by atoms with E-state index in [1.165, 1.54) is 5.56 Å². The molecular formula is C10H14N2S. The predicted octanol–water partition coefficient (Wildman–Crippen LogP) is 2.06. The average molecular weight is 194 g/mol. The van der Waals surface area contributed by atoms with Gasteiger partial charge in [0.05, 0.1) is 0 Å². The Bertz CT molecular complexity index is 321. The van der Waals surface area contributed by atoms with Crippen LogP contribution in [0.2, 0.25) is 0 Å². The van der Waals surface area contributed by atoms with Gasteiger partial charge in [-0.25, -0.2) is 0 Å². The molecule has 0 aliphatic rings. The summed E-state index contributed by atoms with van der Waals surface area (Å²) in [7, 11) is 0. The molecule has 2 nitrogen and oxygen atoms in total. The van der Waals surface area contributed by atoms with Gasteiger partial charge in [0.25, 0.3) is 0 Å². The molecule has 0 heterocycles. The Hall–Kier alpha value is -1.09. The van der Waals surface area contributed by atoms with Crippen molar-refractivity contribution in [3.63, 3.8) is 0 Å². The summed E-state index contributed by atoms with van der Waals surface area (Å²) >= 11 is 4.89. The van der Waals surface area contributed by atoms with Gasteiger partial charge >= 0.3 is 0 Å². The number of hydrogen-bond acceptors (Lipinski definition) is 2. The molecule has 3 heteroatoms. The van der Waals surface area contributed by atoms with Gasteiger partial charge in [-0.05, 0) is 37.6 Å². The third kappa shape index (κ3) is 2.42. The summed E-state index contributed by atoms with van der Waals surface area (Å²) < 4.78 is 0. The lowest BCUT2D eigenvalue weighted by Crippen LogP contribution is -2.10. The highest BCUT2D eigenvalue weighted by molar-refractivity contribution is 7.80. The molecule has 0 saturated heterocycles. The number of nitrogens with one attached hydrogen (secondary N) is 1. The van der Waals surface area contributed by atoms with Crippen LogP contribution in [0.25, 0.3) is 0 Å². The summed E-state index contributed by atoms with van der Waals surface area (Å²) in [5, 5.41) is 3.26. The molecule has 70 valence electrons. The van der Waals surface area contributed by atoms with Gasteiger partial charge in [-0.2, -0.15) is 0 Å². The summed E-state index contributed by atoms with van der Waals surface area (Å²) in [5.74, 6) is 0. The Morgan fingerprint density at radius 3 is 2.69 bits per heavy atom. The number of thiocarbonyl (C=S) groups is 1. The molecule has 0 saturated carbocycles. The van der Waals surface area contributed by atoms with Gasteiger partial charge in [0.2, 0.25) is 0 Å². The van der Waals surface area contributed by atoms with Crippen molar-refractivity contribution in [3.8, 4) is 0 Å². The van der Waals surface area contributed by atoms with Gasteiger partial charge in [0.1, 0.15) is 4.99 Å². The first-order valence-corrected chi connectivity index (χ1v) is 4.70. The van der Waals surface area contributed by atoms with Crippen molar-refractivity contribution < 1.29 is 0 Å². The van der Waals surface area contributed by atoms with E-state index in [0.29, 0.717) is 4.99 Å². The van der Waals surface area contributed by atoms with Crippen LogP contribution in [0.15, 0.2) is 18.2 Å². The smallest absolute Gasteiger partial charge is 0.103 e. The second-order valence-corrected chi connectivity index (χ2v) is 3.36. The van der Waals surface area contributed by atoms with E-state index in [2.05, 4.69) is 12.2 Å². The van der Waals surface area contributed by atoms with Crippen molar-refractivity contribution in [1.82, 2.24) is 0 Å². The van der Waals surface area contributed by atoms with Crippen LogP contribution in [0.3, 0.4) is 0 Å². The van der Waals surface area contributed by atoms with E-state index in [1.807, 2.05) is 25.1 Å². The SMILES string of the molecule is CCNc1ccc(C(N)=S)cc1C. The summed E-state index contributed by atoms with van der Waals surface area (Å²) in [4.78, 5) is 0.450. The van der Waals surface area contributed by atoms with Crippen LogP contribution in [0.5, 0.6) is 0 Å². The van der Waals surface area contributed by atoms with E-state index in [-0.39, 0.29) is 0 Å². The molecule has 0 atom stereocenters. The van der Waals surface area contributed by atoms with Gasteiger partial charge in [-0.3, -0.25) is 0 Å². The largest absolute Gasteiger partial charge is 0.389 e. The van der Waals surface area contributed by atoms with Gasteiger partial charge in [-0.15, -0.1) is 0 Å². The Balaban J connectivity index is 2.98. The molecule has 1 rings (SSSR count). The molecule has 0 unspecified atom stereocenters. The van der Waals surface area contributed by atoms with Crippen LogP contribution in [0.4, 0.5) is 5.69 Å². The van der Waals surface area contributed by atoms with E-state index in [1.54, 1.807) is 0 Å². The fourth-order valence-corrected chi connectivity index (χ4v) is 1.33. The molecule has 1 aromatic carbocycles. The topological polar surface area (TPSA) is 38.0 Å². The summed E-state index contributed by atoms with van der Waals surface area (Å²) in [6.45, 7) is 5.04. The first-order valence-electron chi connectivity index (χ1n) is 4.29. The maximum absolute atomic E-state index is 5.52. The number of rotatable bonds is 3. The zero-order chi connectivity index (χ0) is 9.84. The van der Waals surface area contributed by atoms with Crippen LogP contribution in [-0.4, -0.2) is 11.5 Å². The quantitative estimate of drug-likeness (QED) is 0.723. The molecule has 0 fully saturated rings. The first-order chi connectivity index (χ1) is 6.15. The minimum absolute atomic E-state index is 0.450. The number of anilines is 1. The Morgan fingerprint density at radius 2 is 2.23 bits per heavy atom. The van der Waals surface area contributed by atoms with E-state index in [9.17, 15) is 0 Å². The fourth-order valence-electron chi connectivity index (χ4n) is 1.21. The highest BCUT2D eigenvalue weighted by Crippen LogP contribution is 2.15. The maximum atomic E-state index is 5.52. The molecule has 0 aliphatic heterocycles. The van der Waals surface area contributed by atoms with E-state index in [4.69, 9.17) is 18.0 Å². The molecular weight excluding hydrogens is 180 g/mol. The molecule has 3 N–H and O–H groups in total. The summed E-state index contributed by atoms with van der Waals surface area (Å²) in [6.07, 6.45) is 0. The highest BCUT2D eigenvalue weighted by Gasteiger charge is 2.00. The average Bonchev–Trinajstić information content (AvgIpc) is 2.08. The molecule has 0 bridgehead atoms. The van der Waals surface area contributed by atoms with E-state index in [0.717, 1.165) is 17.8 Å². The van der Waals surface area contributed by atoms with E-state index < -0.39 is 0 Å². The second-order valence-electron chi connectivity index (χ2n) is 2.92. The minimum atomic E-state index is 0.450. The number of aryl methyl sites for hydroxylation is 1. The third-order valence-electron chi connectivity index (χ3n) is 1.88. The van der Waals surface area contributed by atoms with E-state index >= 15 is 0 Å². The predicted molar refractivity (Wildman–Crippen MR) is 61.2 cm³/mol. The van der Waals surface area contributed by atoms with Gasteiger partial charge in [0, 0.05) is 17.8 Å². The monoisotopic (exact) mass is 194 g/mol. The van der Waals surface area contributed by atoms with Gasteiger partial charge in [0.15, 0.2) is 0 Å². The Morgan fingerprint density at radius 1 is 1.54 bits per heavy atom. The second kappa shape index (κ2) is 4.23. The fraction of sp³-hybridized carbons (Fsp3) is 0.300. The highest BCUT2D eigenvalue weighted by atomic mass is 32.1. The number of benzene rings is 1. The first kappa shape index (κ1) is 9.99. The molecule has 1 aromatic rings. The Kier molecular flexibility index (Phi) is 3.25. The van der Waals surface area contributed by atoms with Crippen molar-refractivity contribution in [2.24, 2.45) is 5.73 Å². The van der Waals surface area contributed by atoms with Crippen LogP contribution in [0.1, 0.15) is 18.1 Å². The zero-order valence-corrected chi connectivity index (χ0v) is 8.74. The van der Waals surface area contributed by atoms with Crippen molar-refractivity contribution >= 4 is 22.9 Å². The van der Waals surface area contributed by atoms with Crippen molar-refractivity contribution in [2.75, 3.05) is 11.9 Å². The standard InChI is InChI=1S/C10H14N2S/c1-3-12-9-5-4-8(10(11)13)6-7(9)2/h4-6,12H,3H2,1-2H3,(H2,11,13). The van der Waals surface area contributed by atoms with Gasteiger partial charge < -0.3 is 11.1 Å². The number of nitrogens with two attached hydrogens (primary N) is 1. The summed E-state index contributed by atoms with van der Waals surface area (Å²) in [6, 6.07) is 5.95. The molecule has 0 amide bonds. The van der Waals surface area contributed by atoms with Gasteiger partial charge in [-0.1, -0.05) is 12.2 Å².